The first-order valence-corrected chi connectivity index (χ1v) is 7.70. The Labute approximate surface area is 113 Å². The smallest absolute Gasteiger partial charge is 0.0541 e. The average molecular weight is 270 g/mol. The van der Waals surface area contributed by atoms with Crippen molar-refractivity contribution in [2.45, 2.75) is 36.6 Å². The largest absolute Gasteiger partial charge is 0.316 e. The van der Waals surface area contributed by atoms with Gasteiger partial charge in [-0.2, -0.15) is 0 Å². The maximum atomic E-state index is 6.15. The Morgan fingerprint density at radius 3 is 2.82 bits per heavy atom. The van der Waals surface area contributed by atoms with E-state index in [0.29, 0.717) is 6.04 Å². The van der Waals surface area contributed by atoms with Gasteiger partial charge in [0.15, 0.2) is 0 Å². The number of thioether (sulfide) groups is 1. The summed E-state index contributed by atoms with van der Waals surface area (Å²) in [5.74, 6) is 2.13. The molecule has 1 N–H and O–H groups in total. The lowest BCUT2D eigenvalue weighted by atomic mass is 10.1. The van der Waals surface area contributed by atoms with Gasteiger partial charge in [0.05, 0.1) is 5.02 Å². The molecule has 0 aliphatic heterocycles. The van der Waals surface area contributed by atoms with Crippen LogP contribution in [0.3, 0.4) is 0 Å². The Morgan fingerprint density at radius 2 is 2.18 bits per heavy atom. The van der Waals surface area contributed by atoms with E-state index in [4.69, 9.17) is 11.6 Å². The minimum absolute atomic E-state index is 0.608. The second kappa shape index (κ2) is 6.67. The molecule has 1 fully saturated rings. The zero-order valence-corrected chi connectivity index (χ0v) is 11.9. The SMILES string of the molecule is CNC(CCC1CC1)CSc1ccccc1Cl. The molecule has 1 aliphatic carbocycles. The van der Waals surface area contributed by atoms with Gasteiger partial charge in [-0.25, -0.2) is 0 Å². The molecule has 0 amide bonds. The molecular weight excluding hydrogens is 250 g/mol. The van der Waals surface area contributed by atoms with Gasteiger partial charge < -0.3 is 5.32 Å². The summed E-state index contributed by atoms with van der Waals surface area (Å²) in [6, 6.07) is 8.70. The van der Waals surface area contributed by atoms with Crippen LogP contribution in [0.25, 0.3) is 0 Å². The Balaban J connectivity index is 1.76. The van der Waals surface area contributed by atoms with Crippen molar-refractivity contribution in [3.8, 4) is 0 Å². The first kappa shape index (κ1) is 13.3. The van der Waals surface area contributed by atoms with Gasteiger partial charge in [0.2, 0.25) is 0 Å². The molecule has 17 heavy (non-hydrogen) atoms. The highest BCUT2D eigenvalue weighted by atomic mass is 35.5. The molecule has 1 aliphatic rings. The van der Waals surface area contributed by atoms with E-state index in [1.54, 1.807) is 0 Å². The summed E-state index contributed by atoms with van der Waals surface area (Å²) in [7, 11) is 2.06. The summed E-state index contributed by atoms with van der Waals surface area (Å²) in [4.78, 5) is 1.20. The number of hydrogen-bond acceptors (Lipinski definition) is 2. The van der Waals surface area contributed by atoms with Crippen molar-refractivity contribution in [3.05, 3.63) is 29.3 Å². The summed E-state index contributed by atoms with van der Waals surface area (Å²) < 4.78 is 0. The van der Waals surface area contributed by atoms with E-state index in [0.717, 1.165) is 16.7 Å². The van der Waals surface area contributed by atoms with E-state index in [1.165, 1.54) is 30.6 Å². The number of benzene rings is 1. The minimum atomic E-state index is 0.608. The Kier molecular flexibility index (Phi) is 5.20. The molecule has 0 bridgehead atoms. The molecule has 2 rings (SSSR count). The topological polar surface area (TPSA) is 12.0 Å². The first-order valence-electron chi connectivity index (χ1n) is 6.34. The summed E-state index contributed by atoms with van der Waals surface area (Å²) in [6.07, 6.45) is 5.58. The van der Waals surface area contributed by atoms with Crippen molar-refractivity contribution in [1.29, 1.82) is 0 Å². The molecule has 1 saturated carbocycles. The van der Waals surface area contributed by atoms with Gasteiger partial charge in [-0.3, -0.25) is 0 Å². The molecule has 1 aromatic carbocycles. The fraction of sp³-hybridized carbons (Fsp3) is 0.571. The molecule has 0 aromatic heterocycles. The second-order valence-electron chi connectivity index (χ2n) is 4.75. The van der Waals surface area contributed by atoms with Crippen LogP contribution in [0.4, 0.5) is 0 Å². The molecule has 3 heteroatoms. The van der Waals surface area contributed by atoms with Gasteiger partial charge in [-0.15, -0.1) is 11.8 Å². The number of halogens is 1. The quantitative estimate of drug-likeness (QED) is 0.744. The Bertz CT molecular complexity index is 352. The lowest BCUT2D eigenvalue weighted by Gasteiger charge is -2.15. The lowest BCUT2D eigenvalue weighted by molar-refractivity contribution is 0.526. The zero-order valence-electron chi connectivity index (χ0n) is 10.3. The van der Waals surface area contributed by atoms with Crippen LogP contribution in [0.15, 0.2) is 29.2 Å². The molecule has 0 heterocycles. The molecule has 1 nitrogen and oxygen atoms in total. The predicted octanol–water partition coefficient (Wildman–Crippen LogP) is 4.21. The summed E-state index contributed by atoms with van der Waals surface area (Å²) in [5.41, 5.74) is 0. The van der Waals surface area contributed by atoms with Gasteiger partial charge >= 0.3 is 0 Å². The third-order valence-electron chi connectivity index (χ3n) is 3.31. The summed E-state index contributed by atoms with van der Waals surface area (Å²) >= 11 is 8.00. The summed E-state index contributed by atoms with van der Waals surface area (Å²) in [5, 5.41) is 4.28. The highest BCUT2D eigenvalue weighted by molar-refractivity contribution is 7.99. The average Bonchev–Trinajstić information content (AvgIpc) is 3.15. The molecule has 0 radical (unpaired) electrons. The first-order chi connectivity index (χ1) is 8.29. The van der Waals surface area contributed by atoms with E-state index < -0.39 is 0 Å². The van der Waals surface area contributed by atoms with Crippen molar-refractivity contribution in [2.24, 2.45) is 5.92 Å². The van der Waals surface area contributed by atoms with E-state index in [9.17, 15) is 0 Å². The lowest BCUT2D eigenvalue weighted by Crippen LogP contribution is -2.27. The summed E-state index contributed by atoms with van der Waals surface area (Å²) in [6.45, 7) is 0. The van der Waals surface area contributed by atoms with E-state index >= 15 is 0 Å². The van der Waals surface area contributed by atoms with Gasteiger partial charge in [0.25, 0.3) is 0 Å². The van der Waals surface area contributed by atoms with E-state index in [1.807, 2.05) is 30.0 Å². The molecular formula is C14H20ClNS. The monoisotopic (exact) mass is 269 g/mol. The van der Waals surface area contributed by atoms with Crippen LogP contribution in [0.5, 0.6) is 0 Å². The molecule has 1 aromatic rings. The van der Waals surface area contributed by atoms with Crippen LogP contribution < -0.4 is 5.32 Å². The predicted molar refractivity (Wildman–Crippen MR) is 77.0 cm³/mol. The third-order valence-corrected chi connectivity index (χ3v) is 4.98. The van der Waals surface area contributed by atoms with Gasteiger partial charge in [-0.1, -0.05) is 36.6 Å². The maximum absolute atomic E-state index is 6.15. The fourth-order valence-corrected chi connectivity index (χ4v) is 3.30. The Morgan fingerprint density at radius 1 is 1.41 bits per heavy atom. The van der Waals surface area contributed by atoms with Gasteiger partial charge in [-0.05, 0) is 37.9 Å². The van der Waals surface area contributed by atoms with Gasteiger partial charge in [0, 0.05) is 16.7 Å². The van der Waals surface area contributed by atoms with Crippen LogP contribution in [0.2, 0.25) is 5.02 Å². The van der Waals surface area contributed by atoms with Crippen molar-refractivity contribution in [3.63, 3.8) is 0 Å². The highest BCUT2D eigenvalue weighted by Gasteiger charge is 2.22. The molecule has 1 atom stereocenters. The number of nitrogens with one attached hydrogen (secondary N) is 1. The van der Waals surface area contributed by atoms with Crippen LogP contribution in [0.1, 0.15) is 25.7 Å². The van der Waals surface area contributed by atoms with Crippen molar-refractivity contribution in [1.82, 2.24) is 5.32 Å². The number of hydrogen-bond donors (Lipinski definition) is 1. The molecule has 0 saturated heterocycles. The van der Waals surface area contributed by atoms with E-state index in [2.05, 4.69) is 18.4 Å². The van der Waals surface area contributed by atoms with E-state index in [-0.39, 0.29) is 0 Å². The number of rotatable bonds is 7. The van der Waals surface area contributed by atoms with Crippen LogP contribution in [-0.4, -0.2) is 18.8 Å². The molecule has 0 spiro atoms. The van der Waals surface area contributed by atoms with Crippen molar-refractivity contribution >= 4 is 23.4 Å². The normalized spacial score (nSPS) is 17.1. The van der Waals surface area contributed by atoms with Gasteiger partial charge in [0.1, 0.15) is 0 Å². The molecule has 94 valence electrons. The fourth-order valence-electron chi connectivity index (χ4n) is 1.91. The highest BCUT2D eigenvalue weighted by Crippen LogP contribution is 2.34. The van der Waals surface area contributed by atoms with Crippen molar-refractivity contribution in [2.75, 3.05) is 12.8 Å². The maximum Gasteiger partial charge on any atom is 0.0541 e. The van der Waals surface area contributed by atoms with Crippen LogP contribution in [0, 0.1) is 5.92 Å². The Hall–Kier alpha value is -0.180. The molecule has 1 unspecified atom stereocenters. The van der Waals surface area contributed by atoms with Crippen LogP contribution in [-0.2, 0) is 0 Å². The minimum Gasteiger partial charge on any atom is -0.316 e. The van der Waals surface area contributed by atoms with Crippen molar-refractivity contribution < 1.29 is 0 Å². The van der Waals surface area contributed by atoms with Crippen LogP contribution >= 0.6 is 23.4 Å². The second-order valence-corrected chi connectivity index (χ2v) is 6.22. The third kappa shape index (κ3) is 4.53. The standard InChI is InChI=1S/C14H20ClNS/c1-16-12(9-8-11-6-7-11)10-17-14-5-3-2-4-13(14)15/h2-5,11-12,16H,6-10H2,1H3. The zero-order chi connectivity index (χ0) is 12.1.